The highest BCUT2D eigenvalue weighted by atomic mass is 19.1. The molecule has 1 aromatic rings. The zero-order chi connectivity index (χ0) is 14.0. The van der Waals surface area contributed by atoms with Crippen LogP contribution in [-0.2, 0) is 4.79 Å². The molecule has 0 unspecified atom stereocenters. The normalized spacial score (nSPS) is 14.9. The molecule has 19 heavy (non-hydrogen) atoms. The average molecular weight is 266 g/mol. The molecular weight excluding hydrogens is 251 g/mol. The molecule has 5 nitrogen and oxygen atoms in total. The molecule has 1 fully saturated rings. The lowest BCUT2D eigenvalue weighted by atomic mass is 9.97. The van der Waals surface area contributed by atoms with E-state index in [9.17, 15) is 14.0 Å². The number of carboxylic acids is 1. The number of amides is 2. The van der Waals surface area contributed by atoms with Crippen molar-refractivity contribution in [1.82, 2.24) is 4.90 Å². The van der Waals surface area contributed by atoms with Crippen LogP contribution in [0.5, 0.6) is 0 Å². The first kappa shape index (κ1) is 13.3. The van der Waals surface area contributed by atoms with Gasteiger partial charge in [-0.1, -0.05) is 12.1 Å². The summed E-state index contributed by atoms with van der Waals surface area (Å²) in [5, 5.41) is 8.63. The van der Waals surface area contributed by atoms with Crippen LogP contribution >= 0.6 is 0 Å². The number of urea groups is 1. The van der Waals surface area contributed by atoms with E-state index in [0.29, 0.717) is 13.1 Å². The van der Waals surface area contributed by atoms with Crippen molar-refractivity contribution in [3.8, 4) is 0 Å². The van der Waals surface area contributed by atoms with Crippen LogP contribution in [0, 0.1) is 11.7 Å². The molecule has 102 valence electrons. The zero-order valence-corrected chi connectivity index (χ0v) is 10.5. The highest BCUT2D eigenvalue weighted by molar-refractivity contribution is 5.92. The smallest absolute Gasteiger partial charge is 0.324 e. The van der Waals surface area contributed by atoms with Gasteiger partial charge < -0.3 is 10.0 Å². The molecular formula is C13H15FN2O3. The van der Waals surface area contributed by atoms with Gasteiger partial charge in [-0.2, -0.15) is 0 Å². The van der Waals surface area contributed by atoms with Crippen molar-refractivity contribution in [3.63, 3.8) is 0 Å². The average Bonchev–Trinajstić information content (AvgIpc) is 2.32. The topological polar surface area (TPSA) is 60.9 Å². The largest absolute Gasteiger partial charge is 0.481 e. The molecule has 1 aliphatic rings. The Kier molecular flexibility index (Phi) is 3.69. The predicted octanol–water partition coefficient (Wildman–Crippen LogP) is 1.79. The Labute approximate surface area is 110 Å². The maximum atomic E-state index is 13.5. The van der Waals surface area contributed by atoms with Crippen LogP contribution in [0.4, 0.5) is 14.9 Å². The Morgan fingerprint density at radius 2 is 2.05 bits per heavy atom. The fourth-order valence-corrected chi connectivity index (χ4v) is 2.14. The van der Waals surface area contributed by atoms with Crippen LogP contribution in [0.3, 0.4) is 0 Å². The molecule has 1 heterocycles. The second kappa shape index (κ2) is 5.26. The van der Waals surface area contributed by atoms with Gasteiger partial charge in [-0.3, -0.25) is 9.69 Å². The Hall–Kier alpha value is -2.11. The van der Waals surface area contributed by atoms with E-state index in [-0.39, 0.29) is 24.1 Å². The molecule has 0 bridgehead atoms. The summed E-state index contributed by atoms with van der Waals surface area (Å²) in [6.45, 7) is 0.813. The van der Waals surface area contributed by atoms with Crippen molar-refractivity contribution in [3.05, 3.63) is 30.1 Å². The number of carbonyl (C=O) groups is 2. The van der Waals surface area contributed by atoms with Gasteiger partial charge in [0, 0.05) is 26.1 Å². The Bertz CT molecular complexity index is 500. The number of halogens is 1. The summed E-state index contributed by atoms with van der Waals surface area (Å²) in [6, 6.07) is 5.73. The molecule has 1 aliphatic heterocycles. The van der Waals surface area contributed by atoms with Crippen molar-refractivity contribution in [2.45, 2.75) is 6.42 Å². The number of carboxylic acid groups (broad SMARTS) is 1. The molecule has 0 radical (unpaired) electrons. The second-order valence-electron chi connectivity index (χ2n) is 4.66. The van der Waals surface area contributed by atoms with Gasteiger partial charge >= 0.3 is 12.0 Å². The molecule has 1 aromatic carbocycles. The quantitative estimate of drug-likeness (QED) is 0.907. The first-order chi connectivity index (χ1) is 8.99. The number of carbonyl (C=O) groups excluding carboxylic acids is 1. The number of nitrogens with zero attached hydrogens (tertiary/aromatic N) is 2. The molecule has 1 N–H and O–H groups in total. The number of para-hydroxylation sites is 1. The molecule has 2 amide bonds. The summed E-state index contributed by atoms with van der Waals surface area (Å²) in [4.78, 5) is 25.3. The van der Waals surface area contributed by atoms with E-state index in [0.717, 1.165) is 0 Å². The van der Waals surface area contributed by atoms with E-state index in [1.54, 1.807) is 12.1 Å². The van der Waals surface area contributed by atoms with Crippen LogP contribution in [0.25, 0.3) is 0 Å². The predicted molar refractivity (Wildman–Crippen MR) is 67.5 cm³/mol. The number of hydrogen-bond donors (Lipinski definition) is 1. The second-order valence-corrected chi connectivity index (χ2v) is 4.66. The standard InChI is InChI=1S/C13H15FN2O3/c1-15(11-5-3-2-4-10(11)14)13(19)16-7-9(8-16)6-12(17)18/h2-5,9H,6-8H2,1H3,(H,17,18). The van der Waals surface area contributed by atoms with Gasteiger partial charge in [0.1, 0.15) is 5.82 Å². The number of hydrogen-bond acceptors (Lipinski definition) is 2. The number of anilines is 1. The molecule has 0 aromatic heterocycles. The maximum Gasteiger partial charge on any atom is 0.324 e. The summed E-state index contributed by atoms with van der Waals surface area (Å²) in [5.74, 6) is -1.32. The fraction of sp³-hybridized carbons (Fsp3) is 0.385. The zero-order valence-electron chi connectivity index (χ0n) is 10.5. The fourth-order valence-electron chi connectivity index (χ4n) is 2.14. The summed E-state index contributed by atoms with van der Waals surface area (Å²) < 4.78 is 13.5. The lowest BCUT2D eigenvalue weighted by molar-refractivity contribution is -0.139. The van der Waals surface area contributed by atoms with E-state index in [4.69, 9.17) is 5.11 Å². The number of aliphatic carboxylic acids is 1. The van der Waals surface area contributed by atoms with Gasteiger partial charge in [-0.25, -0.2) is 9.18 Å². The van der Waals surface area contributed by atoms with Gasteiger partial charge in [0.15, 0.2) is 0 Å². The summed E-state index contributed by atoms with van der Waals surface area (Å²) in [5.41, 5.74) is 0.217. The van der Waals surface area contributed by atoms with E-state index >= 15 is 0 Å². The molecule has 0 spiro atoms. The third kappa shape index (κ3) is 2.83. The first-order valence-corrected chi connectivity index (χ1v) is 5.98. The summed E-state index contributed by atoms with van der Waals surface area (Å²) in [7, 11) is 1.51. The van der Waals surface area contributed by atoms with Crippen molar-refractivity contribution >= 4 is 17.7 Å². The Morgan fingerprint density at radius 3 is 2.63 bits per heavy atom. The van der Waals surface area contributed by atoms with Gasteiger partial charge in [-0.15, -0.1) is 0 Å². The highest BCUT2D eigenvalue weighted by Crippen LogP contribution is 2.24. The molecule has 6 heteroatoms. The monoisotopic (exact) mass is 266 g/mol. The molecule has 2 rings (SSSR count). The van der Waals surface area contributed by atoms with E-state index in [2.05, 4.69) is 0 Å². The minimum atomic E-state index is -0.862. The van der Waals surface area contributed by atoms with Gasteiger partial charge in [0.05, 0.1) is 12.1 Å². The van der Waals surface area contributed by atoms with Crippen LogP contribution in [0.1, 0.15) is 6.42 Å². The van der Waals surface area contributed by atoms with E-state index in [1.165, 1.54) is 29.0 Å². The van der Waals surface area contributed by atoms with Gasteiger partial charge in [0.2, 0.25) is 0 Å². The maximum absolute atomic E-state index is 13.5. The molecule has 0 aliphatic carbocycles. The molecule has 0 saturated carbocycles. The lowest BCUT2D eigenvalue weighted by Crippen LogP contribution is -2.54. The third-order valence-corrected chi connectivity index (χ3v) is 3.19. The first-order valence-electron chi connectivity index (χ1n) is 5.98. The van der Waals surface area contributed by atoms with Crippen molar-refractivity contribution in [1.29, 1.82) is 0 Å². The van der Waals surface area contributed by atoms with Crippen LogP contribution in [0.15, 0.2) is 24.3 Å². The van der Waals surface area contributed by atoms with Crippen molar-refractivity contribution < 1.29 is 19.1 Å². The lowest BCUT2D eigenvalue weighted by Gasteiger charge is -2.40. The Balaban J connectivity index is 1.95. The van der Waals surface area contributed by atoms with Crippen molar-refractivity contribution in [2.75, 3.05) is 25.0 Å². The van der Waals surface area contributed by atoms with Crippen LogP contribution < -0.4 is 4.90 Å². The van der Waals surface area contributed by atoms with Crippen LogP contribution in [0.2, 0.25) is 0 Å². The summed E-state index contributed by atoms with van der Waals surface area (Å²) in [6.07, 6.45) is 0.0627. The Morgan fingerprint density at radius 1 is 1.42 bits per heavy atom. The minimum Gasteiger partial charge on any atom is -0.481 e. The number of benzene rings is 1. The van der Waals surface area contributed by atoms with Crippen molar-refractivity contribution in [2.24, 2.45) is 5.92 Å². The van der Waals surface area contributed by atoms with Crippen LogP contribution in [-0.4, -0.2) is 42.1 Å². The minimum absolute atomic E-state index is 0.00419. The third-order valence-electron chi connectivity index (χ3n) is 3.19. The molecule has 0 atom stereocenters. The number of likely N-dealkylation sites (tertiary alicyclic amines) is 1. The SMILES string of the molecule is CN(C(=O)N1CC(CC(=O)O)C1)c1ccccc1F. The summed E-state index contributed by atoms with van der Waals surface area (Å²) >= 11 is 0. The highest BCUT2D eigenvalue weighted by Gasteiger charge is 2.34. The number of rotatable bonds is 3. The molecule has 1 saturated heterocycles. The van der Waals surface area contributed by atoms with Gasteiger partial charge in [-0.05, 0) is 12.1 Å². The van der Waals surface area contributed by atoms with E-state index < -0.39 is 11.8 Å². The van der Waals surface area contributed by atoms with E-state index in [1.807, 2.05) is 0 Å². The van der Waals surface area contributed by atoms with Gasteiger partial charge in [0.25, 0.3) is 0 Å².